The van der Waals surface area contributed by atoms with Crippen LogP contribution in [-0.4, -0.2) is 71.3 Å². The summed E-state index contributed by atoms with van der Waals surface area (Å²) in [5, 5.41) is 2.55. The van der Waals surface area contributed by atoms with E-state index in [1.807, 2.05) is 6.07 Å². The van der Waals surface area contributed by atoms with Crippen LogP contribution in [0.25, 0.3) is 0 Å². The molecule has 1 saturated carbocycles. The number of sulfonamides is 1. The number of amides is 2. The average molecular weight is 407 g/mol. The first-order valence-corrected chi connectivity index (χ1v) is 11.6. The second-order valence-corrected chi connectivity index (χ2v) is 10.6. The fraction of sp³-hybridized carbons (Fsp3) is 0.684. The van der Waals surface area contributed by atoms with E-state index in [0.29, 0.717) is 26.1 Å². The van der Waals surface area contributed by atoms with Crippen molar-refractivity contribution in [3.05, 3.63) is 30.1 Å². The molecule has 0 unspecified atom stereocenters. The Labute approximate surface area is 165 Å². The highest BCUT2D eigenvalue weighted by Gasteiger charge is 2.65. The van der Waals surface area contributed by atoms with Crippen LogP contribution in [0.1, 0.15) is 37.7 Å². The summed E-state index contributed by atoms with van der Waals surface area (Å²) in [4.78, 5) is 18.6. The number of carbonyl (C=O) groups is 1. The molecule has 1 aliphatic carbocycles. The first kappa shape index (κ1) is 18.3. The molecule has 0 aromatic carbocycles. The van der Waals surface area contributed by atoms with Crippen molar-refractivity contribution in [1.29, 1.82) is 0 Å². The standard InChI is InChI=1S/C19H26N4O4S/c24-18(21-15-5-1-2-6-15)22-11-16-8-17-19(12-22,27-16)13-23(28(17,25)26)10-14-4-3-7-20-9-14/h3-4,7,9,15-17H,1-2,5-6,8,10-13H2,(H,21,24)/t16-,17+,19+/m1/s1. The molecule has 28 heavy (non-hydrogen) atoms. The molecule has 1 N–H and O–H groups in total. The average Bonchev–Trinajstić information content (AvgIpc) is 3.31. The van der Waals surface area contributed by atoms with Crippen LogP contribution in [0.3, 0.4) is 0 Å². The minimum atomic E-state index is -3.48. The summed E-state index contributed by atoms with van der Waals surface area (Å²) in [5.41, 5.74) is 0.0300. The lowest BCUT2D eigenvalue weighted by Gasteiger charge is -2.39. The maximum atomic E-state index is 13.2. The van der Waals surface area contributed by atoms with Gasteiger partial charge in [-0.2, -0.15) is 4.31 Å². The van der Waals surface area contributed by atoms with Gasteiger partial charge in [0.05, 0.1) is 12.6 Å². The second-order valence-electron chi connectivity index (χ2n) is 8.51. The van der Waals surface area contributed by atoms with Gasteiger partial charge in [-0.3, -0.25) is 4.98 Å². The van der Waals surface area contributed by atoms with Gasteiger partial charge in [0.25, 0.3) is 0 Å². The molecule has 1 aromatic heterocycles. The number of rotatable bonds is 3. The summed E-state index contributed by atoms with van der Waals surface area (Å²) >= 11 is 0. The molecule has 1 spiro atoms. The van der Waals surface area contributed by atoms with E-state index >= 15 is 0 Å². The van der Waals surface area contributed by atoms with Crippen molar-refractivity contribution < 1.29 is 17.9 Å². The van der Waals surface area contributed by atoms with Crippen molar-refractivity contribution in [2.45, 2.75) is 61.6 Å². The molecular weight excluding hydrogens is 380 g/mol. The highest BCUT2D eigenvalue weighted by Crippen LogP contribution is 2.47. The summed E-state index contributed by atoms with van der Waals surface area (Å²) < 4.78 is 34.1. The molecule has 2 bridgehead atoms. The van der Waals surface area contributed by atoms with Gasteiger partial charge < -0.3 is 15.0 Å². The molecule has 3 atom stereocenters. The molecule has 8 nitrogen and oxygen atoms in total. The zero-order chi connectivity index (χ0) is 19.4. The first-order valence-electron chi connectivity index (χ1n) is 10.1. The molecule has 4 heterocycles. The summed E-state index contributed by atoms with van der Waals surface area (Å²) in [6.45, 7) is 1.37. The summed E-state index contributed by atoms with van der Waals surface area (Å²) in [5.74, 6) is 0. The van der Waals surface area contributed by atoms with Gasteiger partial charge in [0, 0.05) is 38.1 Å². The third-order valence-electron chi connectivity index (χ3n) is 6.56. The quantitative estimate of drug-likeness (QED) is 0.811. The number of carbonyl (C=O) groups excluding carboxylic acids is 1. The Bertz CT molecular complexity index is 858. The molecule has 4 aliphatic rings. The van der Waals surface area contributed by atoms with Crippen LogP contribution in [0, 0.1) is 0 Å². The summed E-state index contributed by atoms with van der Waals surface area (Å²) in [6, 6.07) is 3.85. The van der Waals surface area contributed by atoms with Crippen LogP contribution in [0.4, 0.5) is 4.79 Å². The Kier molecular flexibility index (Phi) is 4.37. The number of aromatic nitrogens is 1. The molecule has 3 saturated heterocycles. The number of hydrogen-bond donors (Lipinski definition) is 1. The molecule has 9 heteroatoms. The smallest absolute Gasteiger partial charge is 0.317 e. The second kappa shape index (κ2) is 6.67. The Morgan fingerprint density at radius 2 is 2.14 bits per heavy atom. The van der Waals surface area contributed by atoms with Crippen LogP contribution in [0.2, 0.25) is 0 Å². The van der Waals surface area contributed by atoms with Crippen LogP contribution >= 0.6 is 0 Å². The van der Waals surface area contributed by atoms with Crippen LogP contribution < -0.4 is 5.32 Å². The molecule has 1 aromatic rings. The fourth-order valence-electron chi connectivity index (χ4n) is 5.28. The van der Waals surface area contributed by atoms with Crippen LogP contribution in [0.5, 0.6) is 0 Å². The predicted octanol–water partition coefficient (Wildman–Crippen LogP) is 1.09. The monoisotopic (exact) mass is 406 g/mol. The first-order chi connectivity index (χ1) is 13.5. The van der Waals surface area contributed by atoms with E-state index in [-0.39, 0.29) is 24.7 Å². The number of fused-ring (bicyclic) bond motifs is 1. The maximum Gasteiger partial charge on any atom is 0.317 e. The minimum absolute atomic E-state index is 0.0802. The Morgan fingerprint density at radius 1 is 1.32 bits per heavy atom. The highest BCUT2D eigenvalue weighted by atomic mass is 32.2. The maximum absolute atomic E-state index is 13.2. The molecule has 5 rings (SSSR count). The number of likely N-dealkylation sites (tertiary alicyclic amines) is 1. The van der Waals surface area contributed by atoms with Gasteiger partial charge in [0.15, 0.2) is 0 Å². The lowest BCUT2D eigenvalue weighted by Crippen LogP contribution is -2.59. The van der Waals surface area contributed by atoms with Gasteiger partial charge in [-0.1, -0.05) is 18.9 Å². The number of nitrogens with one attached hydrogen (secondary N) is 1. The molecule has 0 radical (unpaired) electrons. The lowest BCUT2D eigenvalue weighted by atomic mass is 9.99. The molecule has 3 aliphatic heterocycles. The van der Waals surface area contributed by atoms with Gasteiger partial charge in [-0.25, -0.2) is 13.2 Å². The normalized spacial score (nSPS) is 34.5. The number of nitrogens with zero attached hydrogens (tertiary/aromatic N) is 3. The van der Waals surface area contributed by atoms with Crippen molar-refractivity contribution >= 4 is 16.1 Å². The van der Waals surface area contributed by atoms with Crippen molar-refractivity contribution in [3.8, 4) is 0 Å². The topological polar surface area (TPSA) is 91.8 Å². The van der Waals surface area contributed by atoms with Gasteiger partial charge in [0.2, 0.25) is 10.0 Å². The number of morpholine rings is 1. The minimum Gasteiger partial charge on any atom is -0.365 e. The van der Waals surface area contributed by atoms with E-state index in [9.17, 15) is 13.2 Å². The van der Waals surface area contributed by atoms with Gasteiger partial charge in [-0.15, -0.1) is 0 Å². The van der Waals surface area contributed by atoms with Crippen molar-refractivity contribution in [2.75, 3.05) is 19.6 Å². The number of ether oxygens (including phenoxy) is 1. The SMILES string of the molecule is O=C(NC1CCCC1)N1C[C@H]2C[C@H]3[C@](C1)(CN(Cc1cccnc1)S3(=O)=O)O2. The Morgan fingerprint density at radius 3 is 2.89 bits per heavy atom. The van der Waals surface area contributed by atoms with Crippen molar-refractivity contribution in [3.63, 3.8) is 0 Å². The zero-order valence-corrected chi connectivity index (χ0v) is 16.6. The Balaban J connectivity index is 1.34. The fourth-order valence-corrected chi connectivity index (χ4v) is 7.57. The molecule has 152 valence electrons. The van der Waals surface area contributed by atoms with E-state index in [4.69, 9.17) is 4.74 Å². The third-order valence-corrected chi connectivity index (χ3v) is 8.88. The number of pyridine rings is 1. The van der Waals surface area contributed by atoms with E-state index in [0.717, 1.165) is 31.2 Å². The van der Waals surface area contributed by atoms with E-state index < -0.39 is 20.9 Å². The summed E-state index contributed by atoms with van der Waals surface area (Å²) in [6.07, 6.45) is 7.98. The van der Waals surface area contributed by atoms with Crippen molar-refractivity contribution in [2.24, 2.45) is 0 Å². The van der Waals surface area contributed by atoms with E-state index in [2.05, 4.69) is 10.3 Å². The summed E-state index contributed by atoms with van der Waals surface area (Å²) in [7, 11) is -3.48. The van der Waals surface area contributed by atoms with Gasteiger partial charge >= 0.3 is 6.03 Å². The van der Waals surface area contributed by atoms with Gasteiger partial charge in [-0.05, 0) is 30.9 Å². The largest absolute Gasteiger partial charge is 0.365 e. The highest BCUT2D eigenvalue weighted by molar-refractivity contribution is 7.90. The van der Waals surface area contributed by atoms with Gasteiger partial charge in [0.1, 0.15) is 10.9 Å². The van der Waals surface area contributed by atoms with E-state index in [1.165, 1.54) is 4.31 Å². The van der Waals surface area contributed by atoms with E-state index in [1.54, 1.807) is 23.4 Å². The molecule has 2 amide bonds. The Hall–Kier alpha value is -1.71. The molecule has 4 fully saturated rings. The third kappa shape index (κ3) is 3.00. The lowest BCUT2D eigenvalue weighted by molar-refractivity contribution is -0.0959. The number of urea groups is 1. The van der Waals surface area contributed by atoms with Crippen LogP contribution in [-0.2, 0) is 21.3 Å². The van der Waals surface area contributed by atoms with Crippen LogP contribution in [0.15, 0.2) is 24.5 Å². The number of hydrogen-bond acceptors (Lipinski definition) is 5. The predicted molar refractivity (Wildman–Crippen MR) is 102 cm³/mol. The molecular formula is C19H26N4O4S. The zero-order valence-electron chi connectivity index (χ0n) is 15.8. The van der Waals surface area contributed by atoms with Crippen molar-refractivity contribution in [1.82, 2.24) is 19.5 Å².